The molecule has 0 spiro atoms. The zero-order valence-electron chi connectivity index (χ0n) is 16.2. The molecule has 4 rings (SSSR count). The molecule has 0 unspecified atom stereocenters. The molecule has 1 aliphatic carbocycles. The lowest BCUT2D eigenvalue weighted by Crippen LogP contribution is -2.29. The van der Waals surface area contributed by atoms with E-state index in [2.05, 4.69) is 52.7 Å². The van der Waals surface area contributed by atoms with Crippen LogP contribution in [0.5, 0.6) is 0 Å². The number of carboxylic acid groups (broad SMARTS) is 1. The van der Waals surface area contributed by atoms with Crippen molar-refractivity contribution in [3.8, 4) is 0 Å². The SMILES string of the molecule is O=C(CCN(Cc1cccc2ccccc12)C1CC1)Nc1cccc(C(=O)O)c1. The van der Waals surface area contributed by atoms with Gasteiger partial charge in [-0.25, -0.2) is 4.79 Å². The van der Waals surface area contributed by atoms with Crippen LogP contribution in [0, 0.1) is 0 Å². The zero-order chi connectivity index (χ0) is 20.2. The number of nitrogens with one attached hydrogen (secondary N) is 1. The summed E-state index contributed by atoms with van der Waals surface area (Å²) in [5.41, 5.74) is 1.96. The van der Waals surface area contributed by atoms with Crippen LogP contribution < -0.4 is 5.32 Å². The van der Waals surface area contributed by atoms with Crippen molar-refractivity contribution in [1.29, 1.82) is 0 Å². The fraction of sp³-hybridized carbons (Fsp3) is 0.250. The van der Waals surface area contributed by atoms with Gasteiger partial charge in [0.05, 0.1) is 5.56 Å². The summed E-state index contributed by atoms with van der Waals surface area (Å²) in [6.07, 6.45) is 2.72. The summed E-state index contributed by atoms with van der Waals surface area (Å²) in [6.45, 7) is 1.51. The first-order chi connectivity index (χ1) is 14.1. The maximum Gasteiger partial charge on any atom is 0.335 e. The highest BCUT2D eigenvalue weighted by Gasteiger charge is 2.29. The Morgan fingerprint density at radius 1 is 1.00 bits per heavy atom. The number of carboxylic acids is 1. The van der Waals surface area contributed by atoms with Gasteiger partial charge in [-0.1, -0.05) is 48.5 Å². The molecule has 0 aliphatic heterocycles. The van der Waals surface area contributed by atoms with Gasteiger partial charge >= 0.3 is 5.97 Å². The third-order valence-corrected chi connectivity index (χ3v) is 5.34. The number of carbonyl (C=O) groups is 2. The van der Waals surface area contributed by atoms with Crippen LogP contribution in [-0.2, 0) is 11.3 Å². The van der Waals surface area contributed by atoms with E-state index in [1.54, 1.807) is 12.1 Å². The van der Waals surface area contributed by atoms with E-state index in [0.717, 1.165) is 6.54 Å². The van der Waals surface area contributed by atoms with E-state index in [9.17, 15) is 9.59 Å². The smallest absolute Gasteiger partial charge is 0.335 e. The Kier molecular flexibility index (Phi) is 5.58. The quantitative estimate of drug-likeness (QED) is 0.595. The second-order valence-corrected chi connectivity index (χ2v) is 7.52. The number of rotatable bonds is 8. The van der Waals surface area contributed by atoms with Crippen LogP contribution in [0.4, 0.5) is 5.69 Å². The molecule has 1 amide bonds. The van der Waals surface area contributed by atoms with Gasteiger partial charge in [0.15, 0.2) is 0 Å². The van der Waals surface area contributed by atoms with Crippen LogP contribution in [0.1, 0.15) is 35.2 Å². The van der Waals surface area contributed by atoms with Crippen molar-refractivity contribution in [2.45, 2.75) is 31.8 Å². The lowest BCUT2D eigenvalue weighted by molar-refractivity contribution is -0.116. The van der Waals surface area contributed by atoms with Gasteiger partial charge in [-0.05, 0) is 47.4 Å². The van der Waals surface area contributed by atoms with Crippen LogP contribution in [-0.4, -0.2) is 34.5 Å². The molecule has 0 heterocycles. The Morgan fingerprint density at radius 2 is 1.76 bits per heavy atom. The number of hydrogen-bond donors (Lipinski definition) is 2. The first-order valence-corrected chi connectivity index (χ1v) is 9.94. The first-order valence-electron chi connectivity index (χ1n) is 9.94. The standard InChI is InChI=1S/C24H24N2O3/c27-23(25-20-9-4-7-18(15-20)24(28)29)13-14-26(21-11-12-21)16-19-8-3-6-17-5-1-2-10-22(17)19/h1-10,15,21H,11-14,16H2,(H,25,27)(H,28,29). The van der Waals surface area contributed by atoms with Crippen molar-refractivity contribution < 1.29 is 14.7 Å². The van der Waals surface area contributed by atoms with Gasteiger partial charge in [-0.3, -0.25) is 9.69 Å². The second-order valence-electron chi connectivity index (χ2n) is 7.52. The van der Waals surface area contributed by atoms with Crippen molar-refractivity contribution in [3.05, 3.63) is 77.9 Å². The average Bonchev–Trinajstić information content (AvgIpc) is 3.56. The molecule has 3 aromatic rings. The number of hydrogen-bond acceptors (Lipinski definition) is 3. The first kappa shape index (κ1) is 19.2. The molecule has 1 saturated carbocycles. The normalized spacial score (nSPS) is 13.6. The Morgan fingerprint density at radius 3 is 2.55 bits per heavy atom. The number of aromatic carboxylic acids is 1. The van der Waals surface area contributed by atoms with Gasteiger partial charge < -0.3 is 10.4 Å². The van der Waals surface area contributed by atoms with Gasteiger partial charge in [-0.15, -0.1) is 0 Å². The molecule has 0 saturated heterocycles. The number of fused-ring (bicyclic) bond motifs is 1. The fourth-order valence-electron chi connectivity index (χ4n) is 3.68. The van der Waals surface area contributed by atoms with E-state index < -0.39 is 5.97 Å². The summed E-state index contributed by atoms with van der Waals surface area (Å²) in [5.74, 6) is -1.10. The summed E-state index contributed by atoms with van der Waals surface area (Å²) in [7, 11) is 0. The van der Waals surface area contributed by atoms with Crippen molar-refractivity contribution in [2.24, 2.45) is 0 Å². The average molecular weight is 388 g/mol. The van der Waals surface area contributed by atoms with E-state index in [1.807, 2.05) is 0 Å². The Labute approximate surface area is 170 Å². The molecule has 29 heavy (non-hydrogen) atoms. The summed E-state index contributed by atoms with van der Waals surface area (Å²) >= 11 is 0. The Hall–Kier alpha value is -3.18. The number of anilines is 1. The van der Waals surface area contributed by atoms with Crippen LogP contribution in [0.3, 0.4) is 0 Å². The highest BCUT2D eigenvalue weighted by Crippen LogP contribution is 2.30. The predicted octanol–water partition coefficient (Wildman–Crippen LogP) is 4.53. The molecule has 5 nitrogen and oxygen atoms in total. The van der Waals surface area contributed by atoms with Crippen molar-refractivity contribution in [3.63, 3.8) is 0 Å². The fourth-order valence-corrected chi connectivity index (χ4v) is 3.68. The minimum atomic E-state index is -1.00. The third kappa shape index (κ3) is 4.81. The molecule has 1 fully saturated rings. The molecule has 1 aliphatic rings. The lowest BCUT2D eigenvalue weighted by atomic mass is 10.0. The third-order valence-electron chi connectivity index (χ3n) is 5.34. The molecule has 0 bridgehead atoms. The molecule has 5 heteroatoms. The van der Waals surface area contributed by atoms with Crippen molar-refractivity contribution in [1.82, 2.24) is 4.90 Å². The van der Waals surface area contributed by atoms with Gasteiger partial charge in [0.2, 0.25) is 5.91 Å². The minimum absolute atomic E-state index is 0.101. The van der Waals surface area contributed by atoms with Crippen molar-refractivity contribution >= 4 is 28.3 Å². The van der Waals surface area contributed by atoms with Crippen LogP contribution in [0.15, 0.2) is 66.7 Å². The molecule has 0 atom stereocenters. The molecule has 3 aromatic carbocycles. The number of amides is 1. The monoisotopic (exact) mass is 388 g/mol. The molecule has 0 radical (unpaired) electrons. The lowest BCUT2D eigenvalue weighted by Gasteiger charge is -2.22. The summed E-state index contributed by atoms with van der Waals surface area (Å²) in [4.78, 5) is 25.9. The number of carbonyl (C=O) groups excluding carboxylic acids is 1. The van der Waals surface area contributed by atoms with E-state index in [4.69, 9.17) is 5.11 Å². The van der Waals surface area contributed by atoms with E-state index in [-0.39, 0.29) is 11.5 Å². The van der Waals surface area contributed by atoms with E-state index in [0.29, 0.717) is 24.7 Å². The van der Waals surface area contributed by atoms with E-state index in [1.165, 1.54) is 41.3 Å². The van der Waals surface area contributed by atoms with Gasteiger partial charge in [0, 0.05) is 31.2 Å². The molecule has 0 aromatic heterocycles. The summed E-state index contributed by atoms with van der Waals surface area (Å²) in [6, 6.07) is 21.6. The second kappa shape index (κ2) is 8.45. The summed E-state index contributed by atoms with van der Waals surface area (Å²) in [5, 5.41) is 14.4. The Bertz CT molecular complexity index is 1040. The van der Waals surface area contributed by atoms with Crippen LogP contribution in [0.25, 0.3) is 10.8 Å². The maximum absolute atomic E-state index is 12.4. The maximum atomic E-state index is 12.4. The molecular weight excluding hydrogens is 364 g/mol. The molecule has 2 N–H and O–H groups in total. The summed E-state index contributed by atoms with van der Waals surface area (Å²) < 4.78 is 0. The largest absolute Gasteiger partial charge is 0.478 e. The van der Waals surface area contributed by atoms with Gasteiger partial charge in [0.1, 0.15) is 0 Å². The molecule has 148 valence electrons. The zero-order valence-corrected chi connectivity index (χ0v) is 16.2. The predicted molar refractivity (Wildman–Crippen MR) is 114 cm³/mol. The van der Waals surface area contributed by atoms with Gasteiger partial charge in [-0.2, -0.15) is 0 Å². The van der Waals surface area contributed by atoms with E-state index >= 15 is 0 Å². The minimum Gasteiger partial charge on any atom is -0.478 e. The van der Waals surface area contributed by atoms with Crippen LogP contribution >= 0.6 is 0 Å². The number of benzene rings is 3. The van der Waals surface area contributed by atoms with Crippen LogP contribution in [0.2, 0.25) is 0 Å². The highest BCUT2D eigenvalue weighted by atomic mass is 16.4. The Balaban J connectivity index is 1.39. The van der Waals surface area contributed by atoms with Crippen molar-refractivity contribution in [2.75, 3.05) is 11.9 Å². The van der Waals surface area contributed by atoms with Gasteiger partial charge in [0.25, 0.3) is 0 Å². The highest BCUT2D eigenvalue weighted by molar-refractivity contribution is 5.94. The molecular formula is C24H24N2O3. The number of nitrogens with zero attached hydrogens (tertiary/aromatic N) is 1. The topological polar surface area (TPSA) is 69.6 Å².